The van der Waals surface area contributed by atoms with Crippen LogP contribution in [-0.2, 0) is 0 Å². The van der Waals surface area contributed by atoms with Crippen LogP contribution >= 0.6 is 0 Å². The van der Waals surface area contributed by atoms with E-state index < -0.39 is 0 Å². The highest BCUT2D eigenvalue weighted by atomic mass is 14.5. The lowest BCUT2D eigenvalue weighted by Crippen LogP contribution is -2.08. The molecular weight excluding hydrogens is 158 g/mol. The zero-order valence-corrected chi connectivity index (χ0v) is 9.10. The van der Waals surface area contributed by atoms with Crippen molar-refractivity contribution in [2.24, 2.45) is 11.1 Å². The largest absolute Gasteiger partial charge is 0.330 e. The van der Waals surface area contributed by atoms with Gasteiger partial charge in [0.25, 0.3) is 0 Å². The molecule has 0 spiro atoms. The van der Waals surface area contributed by atoms with Crippen LogP contribution < -0.4 is 5.73 Å². The van der Waals surface area contributed by atoms with Gasteiger partial charge < -0.3 is 5.73 Å². The van der Waals surface area contributed by atoms with Crippen molar-refractivity contribution in [3.8, 4) is 0 Å². The van der Waals surface area contributed by atoms with E-state index in [1.807, 2.05) is 0 Å². The highest BCUT2D eigenvalue weighted by Gasteiger charge is 2.20. The van der Waals surface area contributed by atoms with Crippen LogP contribution in [0.2, 0.25) is 0 Å². The van der Waals surface area contributed by atoms with Gasteiger partial charge in [0.15, 0.2) is 0 Å². The minimum absolute atomic E-state index is 0.568. The summed E-state index contributed by atoms with van der Waals surface area (Å²) in [5, 5.41) is 0. The zero-order valence-electron chi connectivity index (χ0n) is 9.10. The molecule has 0 aromatic carbocycles. The number of hydrogen-bond donors (Lipinski definition) is 1. The highest BCUT2D eigenvalue weighted by molar-refractivity contribution is 5.04. The van der Waals surface area contributed by atoms with Gasteiger partial charge in [-0.3, -0.25) is 0 Å². The van der Waals surface area contributed by atoms with E-state index in [-0.39, 0.29) is 0 Å². The van der Waals surface area contributed by atoms with Crippen molar-refractivity contribution in [3.05, 3.63) is 11.6 Å². The summed E-state index contributed by atoms with van der Waals surface area (Å²) >= 11 is 0. The number of nitrogens with two attached hydrogens (primary N) is 1. The van der Waals surface area contributed by atoms with Gasteiger partial charge in [-0.2, -0.15) is 0 Å². The topological polar surface area (TPSA) is 26.0 Å². The number of allylic oxidation sites excluding steroid dienone is 1. The number of hydrogen-bond acceptors (Lipinski definition) is 1. The molecule has 0 heterocycles. The third-order valence-corrected chi connectivity index (χ3v) is 3.07. The maximum absolute atomic E-state index is 5.49. The SMILES string of the molecule is CC1(C)CCCC(=CCCN)CC1. The van der Waals surface area contributed by atoms with Crippen molar-refractivity contribution in [2.75, 3.05) is 6.54 Å². The van der Waals surface area contributed by atoms with Gasteiger partial charge in [-0.05, 0) is 50.5 Å². The Kier molecular flexibility index (Phi) is 3.98. The summed E-state index contributed by atoms with van der Waals surface area (Å²) in [5.74, 6) is 0. The van der Waals surface area contributed by atoms with Crippen molar-refractivity contribution in [2.45, 2.75) is 52.4 Å². The lowest BCUT2D eigenvalue weighted by molar-refractivity contribution is 0.316. The first-order valence-corrected chi connectivity index (χ1v) is 5.52. The lowest BCUT2D eigenvalue weighted by atomic mass is 9.85. The Hall–Kier alpha value is -0.300. The fraction of sp³-hybridized carbons (Fsp3) is 0.833. The molecule has 76 valence electrons. The average molecular weight is 181 g/mol. The summed E-state index contributed by atoms with van der Waals surface area (Å²) in [5.41, 5.74) is 7.71. The molecule has 1 heteroatoms. The van der Waals surface area contributed by atoms with Crippen LogP contribution in [-0.4, -0.2) is 6.54 Å². The van der Waals surface area contributed by atoms with Gasteiger partial charge in [-0.15, -0.1) is 0 Å². The van der Waals surface area contributed by atoms with E-state index in [0.29, 0.717) is 5.41 Å². The summed E-state index contributed by atoms with van der Waals surface area (Å²) in [6, 6.07) is 0. The Morgan fingerprint density at radius 3 is 2.77 bits per heavy atom. The first-order chi connectivity index (χ1) is 6.14. The second kappa shape index (κ2) is 4.80. The average Bonchev–Trinajstić information content (AvgIpc) is 2.23. The zero-order chi connectivity index (χ0) is 9.73. The molecule has 0 aromatic heterocycles. The minimum atomic E-state index is 0.568. The second-order valence-electron chi connectivity index (χ2n) is 4.96. The molecule has 13 heavy (non-hydrogen) atoms. The molecule has 1 aliphatic rings. The molecule has 0 aromatic rings. The van der Waals surface area contributed by atoms with Crippen LogP contribution in [0.4, 0.5) is 0 Å². The fourth-order valence-electron chi connectivity index (χ4n) is 2.03. The molecule has 0 unspecified atom stereocenters. The van der Waals surface area contributed by atoms with Crippen molar-refractivity contribution < 1.29 is 0 Å². The maximum Gasteiger partial charge on any atom is -0.00425 e. The van der Waals surface area contributed by atoms with Gasteiger partial charge in [0.05, 0.1) is 0 Å². The molecule has 0 saturated heterocycles. The molecule has 1 saturated carbocycles. The van der Waals surface area contributed by atoms with E-state index in [1.165, 1.54) is 32.1 Å². The minimum Gasteiger partial charge on any atom is -0.330 e. The first-order valence-electron chi connectivity index (χ1n) is 5.52. The molecule has 0 radical (unpaired) electrons. The van der Waals surface area contributed by atoms with E-state index in [9.17, 15) is 0 Å². The highest BCUT2D eigenvalue weighted by Crippen LogP contribution is 2.35. The van der Waals surface area contributed by atoms with Gasteiger partial charge in [0, 0.05) is 0 Å². The Morgan fingerprint density at radius 2 is 2.08 bits per heavy atom. The Bertz CT molecular complexity index is 180. The molecule has 1 rings (SSSR count). The van der Waals surface area contributed by atoms with Gasteiger partial charge in [-0.25, -0.2) is 0 Å². The van der Waals surface area contributed by atoms with Gasteiger partial charge in [0.2, 0.25) is 0 Å². The molecule has 0 aliphatic heterocycles. The van der Waals surface area contributed by atoms with E-state index in [0.717, 1.165) is 13.0 Å². The fourth-order valence-corrected chi connectivity index (χ4v) is 2.03. The van der Waals surface area contributed by atoms with Gasteiger partial charge >= 0.3 is 0 Å². The van der Waals surface area contributed by atoms with Crippen molar-refractivity contribution in [1.82, 2.24) is 0 Å². The van der Waals surface area contributed by atoms with Gasteiger partial charge in [-0.1, -0.05) is 25.5 Å². The first kappa shape index (κ1) is 10.8. The summed E-state index contributed by atoms with van der Waals surface area (Å²) in [6.07, 6.45) is 10.1. The third kappa shape index (κ3) is 3.95. The molecule has 1 nitrogen and oxygen atoms in total. The molecule has 0 amide bonds. The third-order valence-electron chi connectivity index (χ3n) is 3.07. The van der Waals surface area contributed by atoms with Crippen LogP contribution in [0, 0.1) is 5.41 Å². The predicted molar refractivity (Wildman–Crippen MR) is 58.6 cm³/mol. The quantitative estimate of drug-likeness (QED) is 0.513. The molecule has 1 aliphatic carbocycles. The molecule has 1 fully saturated rings. The predicted octanol–water partition coefficient (Wildman–Crippen LogP) is 3.25. The number of rotatable bonds is 2. The van der Waals surface area contributed by atoms with Crippen LogP contribution in [0.15, 0.2) is 11.6 Å². The Balaban J connectivity index is 2.45. The van der Waals surface area contributed by atoms with E-state index in [4.69, 9.17) is 5.73 Å². The summed E-state index contributed by atoms with van der Waals surface area (Å²) in [7, 11) is 0. The Morgan fingerprint density at radius 1 is 1.31 bits per heavy atom. The van der Waals surface area contributed by atoms with Crippen molar-refractivity contribution >= 4 is 0 Å². The van der Waals surface area contributed by atoms with E-state index >= 15 is 0 Å². The van der Waals surface area contributed by atoms with Crippen LogP contribution in [0.5, 0.6) is 0 Å². The van der Waals surface area contributed by atoms with Crippen LogP contribution in [0.3, 0.4) is 0 Å². The monoisotopic (exact) mass is 181 g/mol. The standard InChI is InChI=1S/C12H23N/c1-12(2)8-3-5-11(7-9-12)6-4-10-13/h6H,3-5,7-10,13H2,1-2H3. The normalized spacial score (nSPS) is 25.9. The van der Waals surface area contributed by atoms with Crippen molar-refractivity contribution in [3.63, 3.8) is 0 Å². The molecule has 0 bridgehead atoms. The summed E-state index contributed by atoms with van der Waals surface area (Å²) in [6.45, 7) is 5.57. The van der Waals surface area contributed by atoms with E-state index in [1.54, 1.807) is 5.57 Å². The smallest absolute Gasteiger partial charge is 0.00425 e. The van der Waals surface area contributed by atoms with E-state index in [2.05, 4.69) is 19.9 Å². The second-order valence-corrected chi connectivity index (χ2v) is 4.96. The maximum atomic E-state index is 5.49. The molecular formula is C12H23N. The van der Waals surface area contributed by atoms with Gasteiger partial charge in [0.1, 0.15) is 0 Å². The molecule has 0 atom stereocenters. The molecule has 2 N–H and O–H groups in total. The van der Waals surface area contributed by atoms with Crippen molar-refractivity contribution in [1.29, 1.82) is 0 Å². The van der Waals surface area contributed by atoms with Crippen LogP contribution in [0.25, 0.3) is 0 Å². The van der Waals surface area contributed by atoms with Crippen LogP contribution in [0.1, 0.15) is 52.4 Å². The lowest BCUT2D eigenvalue weighted by Gasteiger charge is -2.21. The summed E-state index contributed by atoms with van der Waals surface area (Å²) in [4.78, 5) is 0. The Labute approximate surface area is 82.4 Å². The summed E-state index contributed by atoms with van der Waals surface area (Å²) < 4.78 is 0.